The minimum absolute atomic E-state index is 0.0271. The van der Waals surface area contributed by atoms with E-state index in [1.54, 1.807) is 0 Å². The zero-order chi connectivity index (χ0) is 11.1. The molecule has 4 nitrogen and oxygen atoms in total. The first kappa shape index (κ1) is 13.4. The van der Waals surface area contributed by atoms with Crippen LogP contribution in [0, 0.1) is 0 Å². The van der Waals surface area contributed by atoms with Crippen molar-refractivity contribution in [1.82, 2.24) is 0 Å². The molecule has 0 rings (SSSR count). The second kappa shape index (κ2) is 6.79. The minimum atomic E-state index is -0.839. The molecule has 0 aliphatic rings. The van der Waals surface area contributed by atoms with Gasteiger partial charge in [-0.1, -0.05) is 0 Å². The van der Waals surface area contributed by atoms with Crippen molar-refractivity contribution in [1.29, 1.82) is 0 Å². The van der Waals surface area contributed by atoms with E-state index in [0.29, 0.717) is 6.42 Å². The number of ether oxygens (including phenoxy) is 2. The molecule has 4 heteroatoms. The van der Waals surface area contributed by atoms with E-state index in [-0.39, 0.29) is 24.7 Å². The Morgan fingerprint density at radius 1 is 1.36 bits per heavy atom. The molecule has 2 unspecified atom stereocenters. The zero-order valence-corrected chi connectivity index (χ0v) is 9.32. The van der Waals surface area contributed by atoms with E-state index in [2.05, 4.69) is 0 Å². The molecule has 2 atom stereocenters. The molecule has 0 saturated carbocycles. The summed E-state index contributed by atoms with van der Waals surface area (Å²) in [6, 6.07) is 0. The van der Waals surface area contributed by atoms with Crippen molar-refractivity contribution in [3.05, 3.63) is 0 Å². The molecule has 0 aromatic rings. The molecule has 14 heavy (non-hydrogen) atoms. The average molecular weight is 204 g/mol. The summed E-state index contributed by atoms with van der Waals surface area (Å²) in [5, 5.41) is 8.59. The third kappa shape index (κ3) is 6.86. The highest BCUT2D eigenvalue weighted by Gasteiger charge is 2.16. The van der Waals surface area contributed by atoms with E-state index in [0.717, 1.165) is 0 Å². The van der Waals surface area contributed by atoms with Gasteiger partial charge in [0.15, 0.2) is 0 Å². The monoisotopic (exact) mass is 204 g/mol. The van der Waals surface area contributed by atoms with Crippen LogP contribution >= 0.6 is 0 Å². The SMILES string of the molecule is COC(CC(=O)O)CC(C)OC(C)C. The number of hydrogen-bond donors (Lipinski definition) is 1. The van der Waals surface area contributed by atoms with Gasteiger partial charge in [0.05, 0.1) is 24.7 Å². The van der Waals surface area contributed by atoms with Crippen LogP contribution in [0.1, 0.15) is 33.6 Å². The van der Waals surface area contributed by atoms with Crippen molar-refractivity contribution in [2.75, 3.05) is 7.11 Å². The number of aliphatic carboxylic acids is 1. The summed E-state index contributed by atoms with van der Waals surface area (Å²) in [4.78, 5) is 10.5. The number of carboxylic acids is 1. The van der Waals surface area contributed by atoms with Gasteiger partial charge in [-0.15, -0.1) is 0 Å². The van der Waals surface area contributed by atoms with Crippen molar-refractivity contribution in [2.24, 2.45) is 0 Å². The van der Waals surface area contributed by atoms with Crippen LogP contribution in [0.25, 0.3) is 0 Å². The van der Waals surface area contributed by atoms with Gasteiger partial charge < -0.3 is 14.6 Å². The summed E-state index contributed by atoms with van der Waals surface area (Å²) in [6.45, 7) is 5.83. The lowest BCUT2D eigenvalue weighted by Gasteiger charge is -2.20. The molecule has 0 saturated heterocycles. The summed E-state index contributed by atoms with van der Waals surface area (Å²) < 4.78 is 10.5. The van der Waals surface area contributed by atoms with Crippen molar-refractivity contribution < 1.29 is 19.4 Å². The second-order valence-electron chi connectivity index (χ2n) is 3.69. The van der Waals surface area contributed by atoms with Gasteiger partial charge in [0.25, 0.3) is 0 Å². The Hall–Kier alpha value is -0.610. The molecule has 1 N–H and O–H groups in total. The normalized spacial score (nSPS) is 15.5. The predicted molar refractivity (Wildman–Crippen MR) is 53.3 cm³/mol. The molecule has 0 aromatic heterocycles. The fraction of sp³-hybridized carbons (Fsp3) is 0.900. The van der Waals surface area contributed by atoms with E-state index in [9.17, 15) is 4.79 Å². The molecule has 0 spiro atoms. The van der Waals surface area contributed by atoms with Gasteiger partial charge in [-0.25, -0.2) is 0 Å². The zero-order valence-electron chi connectivity index (χ0n) is 9.32. The molecule has 0 aliphatic heterocycles. The van der Waals surface area contributed by atoms with Crippen molar-refractivity contribution in [2.45, 2.75) is 51.9 Å². The Bertz CT molecular complexity index is 168. The van der Waals surface area contributed by atoms with Gasteiger partial charge in [0.1, 0.15) is 0 Å². The molecule has 0 aliphatic carbocycles. The second-order valence-corrected chi connectivity index (χ2v) is 3.69. The van der Waals surface area contributed by atoms with Crippen molar-refractivity contribution in [3.8, 4) is 0 Å². The van der Waals surface area contributed by atoms with Gasteiger partial charge in [-0.3, -0.25) is 4.79 Å². The van der Waals surface area contributed by atoms with Crippen LogP contribution in [0.3, 0.4) is 0 Å². The van der Waals surface area contributed by atoms with E-state index in [4.69, 9.17) is 14.6 Å². The van der Waals surface area contributed by atoms with Crippen LogP contribution in [-0.2, 0) is 14.3 Å². The lowest BCUT2D eigenvalue weighted by Crippen LogP contribution is -2.24. The third-order valence-corrected chi connectivity index (χ3v) is 1.83. The molecule has 0 heterocycles. The highest BCUT2D eigenvalue weighted by Crippen LogP contribution is 2.10. The molecule has 0 aromatic carbocycles. The maximum absolute atomic E-state index is 10.5. The number of rotatable bonds is 7. The predicted octanol–water partition coefficient (Wildman–Crippen LogP) is 1.68. The standard InChI is InChI=1S/C10H20O4/c1-7(2)14-8(3)5-9(13-4)6-10(11)12/h7-9H,5-6H2,1-4H3,(H,11,12). The fourth-order valence-corrected chi connectivity index (χ4v) is 1.35. The molecule has 0 fully saturated rings. The smallest absolute Gasteiger partial charge is 0.305 e. The van der Waals surface area contributed by atoms with E-state index in [1.807, 2.05) is 20.8 Å². The van der Waals surface area contributed by atoms with E-state index in [1.165, 1.54) is 7.11 Å². The molecular formula is C10H20O4. The maximum Gasteiger partial charge on any atom is 0.305 e. The van der Waals surface area contributed by atoms with Gasteiger partial charge in [0, 0.05) is 13.5 Å². The molecule has 84 valence electrons. The highest BCUT2D eigenvalue weighted by atomic mass is 16.5. The molecule has 0 amide bonds. The Morgan fingerprint density at radius 2 is 1.93 bits per heavy atom. The van der Waals surface area contributed by atoms with Gasteiger partial charge in [-0.05, 0) is 20.8 Å². The number of hydrogen-bond acceptors (Lipinski definition) is 3. The van der Waals surface area contributed by atoms with Crippen LogP contribution < -0.4 is 0 Å². The largest absolute Gasteiger partial charge is 0.481 e. The third-order valence-electron chi connectivity index (χ3n) is 1.83. The van der Waals surface area contributed by atoms with Gasteiger partial charge in [0.2, 0.25) is 0 Å². The van der Waals surface area contributed by atoms with Crippen LogP contribution in [0.5, 0.6) is 0 Å². The van der Waals surface area contributed by atoms with Crippen molar-refractivity contribution >= 4 is 5.97 Å². The average Bonchev–Trinajstić information content (AvgIpc) is 2.00. The Balaban J connectivity index is 3.85. The Kier molecular flexibility index (Phi) is 6.49. The molecule has 0 radical (unpaired) electrons. The fourth-order valence-electron chi connectivity index (χ4n) is 1.35. The van der Waals surface area contributed by atoms with Crippen LogP contribution in [0.15, 0.2) is 0 Å². The number of carbonyl (C=O) groups is 1. The topological polar surface area (TPSA) is 55.8 Å². The van der Waals surface area contributed by atoms with E-state index >= 15 is 0 Å². The van der Waals surface area contributed by atoms with Crippen LogP contribution in [-0.4, -0.2) is 36.5 Å². The molecule has 0 bridgehead atoms. The number of carboxylic acid groups (broad SMARTS) is 1. The van der Waals surface area contributed by atoms with Crippen molar-refractivity contribution in [3.63, 3.8) is 0 Å². The summed E-state index contributed by atoms with van der Waals surface area (Å²) in [5.41, 5.74) is 0. The summed E-state index contributed by atoms with van der Waals surface area (Å²) in [6.07, 6.45) is 0.566. The maximum atomic E-state index is 10.5. The first-order valence-corrected chi connectivity index (χ1v) is 4.85. The van der Waals surface area contributed by atoms with E-state index < -0.39 is 5.97 Å². The summed E-state index contributed by atoms with van der Waals surface area (Å²) >= 11 is 0. The first-order chi connectivity index (χ1) is 6.45. The summed E-state index contributed by atoms with van der Waals surface area (Å²) in [5.74, 6) is -0.839. The highest BCUT2D eigenvalue weighted by molar-refractivity contribution is 5.67. The van der Waals surface area contributed by atoms with Gasteiger partial charge in [-0.2, -0.15) is 0 Å². The van der Waals surface area contributed by atoms with Gasteiger partial charge >= 0.3 is 5.97 Å². The number of methoxy groups -OCH3 is 1. The lowest BCUT2D eigenvalue weighted by atomic mass is 10.1. The minimum Gasteiger partial charge on any atom is -0.481 e. The Labute approximate surface area is 85.2 Å². The summed E-state index contributed by atoms with van der Waals surface area (Å²) in [7, 11) is 1.52. The van der Waals surface area contributed by atoms with Crippen LogP contribution in [0.4, 0.5) is 0 Å². The first-order valence-electron chi connectivity index (χ1n) is 4.85. The molecular weight excluding hydrogens is 184 g/mol. The quantitative estimate of drug-likeness (QED) is 0.685. The van der Waals surface area contributed by atoms with Crippen LogP contribution in [0.2, 0.25) is 0 Å². The lowest BCUT2D eigenvalue weighted by molar-refractivity contribution is -0.140. The Morgan fingerprint density at radius 3 is 2.29 bits per heavy atom.